The van der Waals surface area contributed by atoms with Gasteiger partial charge in [0, 0.05) is 50.9 Å². The van der Waals surface area contributed by atoms with Gasteiger partial charge in [0.1, 0.15) is 5.82 Å². The van der Waals surface area contributed by atoms with Crippen LogP contribution in [0.5, 0.6) is 0 Å². The summed E-state index contributed by atoms with van der Waals surface area (Å²) in [4.78, 5) is 28.5. The Hall–Kier alpha value is -3.23. The number of carbonyl (C=O) groups is 1. The van der Waals surface area contributed by atoms with Gasteiger partial charge in [0.2, 0.25) is 0 Å². The van der Waals surface area contributed by atoms with Crippen LogP contribution in [0.2, 0.25) is 0 Å². The summed E-state index contributed by atoms with van der Waals surface area (Å²) in [5.74, 6) is -0.394. The molecule has 4 heterocycles. The first-order chi connectivity index (χ1) is 17.5. The summed E-state index contributed by atoms with van der Waals surface area (Å²) in [6, 6.07) is 13.4. The number of nitrogens with zero attached hydrogens (tertiary/aromatic N) is 5. The van der Waals surface area contributed by atoms with Gasteiger partial charge in [-0.3, -0.25) is 9.78 Å². The van der Waals surface area contributed by atoms with E-state index in [1.807, 2.05) is 42.5 Å². The molecular formula is C28H28FN5OS. The Morgan fingerprint density at radius 3 is 2.53 bits per heavy atom. The second-order valence-corrected chi connectivity index (χ2v) is 10.6. The molecule has 0 spiro atoms. The van der Waals surface area contributed by atoms with Gasteiger partial charge in [0.15, 0.2) is 5.17 Å². The van der Waals surface area contributed by atoms with Crippen molar-refractivity contribution in [2.75, 3.05) is 51.2 Å². The van der Waals surface area contributed by atoms with Crippen molar-refractivity contribution < 1.29 is 9.18 Å². The van der Waals surface area contributed by atoms with Crippen molar-refractivity contribution in [1.82, 2.24) is 14.8 Å². The molecule has 0 atom stereocenters. The summed E-state index contributed by atoms with van der Waals surface area (Å²) in [6.45, 7) is 5.43. The number of benzene rings is 2. The van der Waals surface area contributed by atoms with Crippen LogP contribution < -0.4 is 4.90 Å². The van der Waals surface area contributed by atoms with Crippen LogP contribution in [0, 0.1) is 5.82 Å². The van der Waals surface area contributed by atoms with Gasteiger partial charge < -0.3 is 14.7 Å². The molecule has 0 radical (unpaired) electrons. The van der Waals surface area contributed by atoms with Crippen LogP contribution in [0.15, 0.2) is 58.6 Å². The molecule has 2 aromatic carbocycles. The van der Waals surface area contributed by atoms with E-state index >= 15 is 4.39 Å². The van der Waals surface area contributed by atoms with E-state index in [2.05, 4.69) is 31.7 Å². The molecule has 3 aliphatic heterocycles. The predicted octanol–water partition coefficient (Wildman–Crippen LogP) is 4.86. The molecule has 1 aromatic heterocycles. The summed E-state index contributed by atoms with van der Waals surface area (Å²) < 4.78 is 15.2. The Bertz CT molecular complexity index is 1390. The molecule has 0 aliphatic carbocycles. The number of thioether (sulfide) groups is 1. The Morgan fingerprint density at radius 2 is 1.75 bits per heavy atom. The van der Waals surface area contributed by atoms with Crippen molar-refractivity contribution in [1.29, 1.82) is 0 Å². The fraction of sp³-hybridized carbons (Fsp3) is 0.321. The number of amides is 1. The fourth-order valence-corrected chi connectivity index (χ4v) is 6.04. The Labute approximate surface area is 214 Å². The van der Waals surface area contributed by atoms with Crippen molar-refractivity contribution >= 4 is 45.5 Å². The van der Waals surface area contributed by atoms with Gasteiger partial charge in [-0.05, 0) is 84.7 Å². The smallest absolute Gasteiger partial charge is 0.286 e. The van der Waals surface area contributed by atoms with E-state index in [0.717, 1.165) is 84.9 Å². The lowest BCUT2D eigenvalue weighted by Crippen LogP contribution is -2.44. The number of piperazine rings is 1. The van der Waals surface area contributed by atoms with E-state index in [1.165, 1.54) is 11.8 Å². The maximum absolute atomic E-state index is 15.2. The monoisotopic (exact) mass is 501 g/mol. The molecule has 8 heteroatoms. The summed E-state index contributed by atoms with van der Waals surface area (Å²) in [5.41, 5.74) is 4.12. The summed E-state index contributed by atoms with van der Waals surface area (Å²) in [6.07, 6.45) is 5.94. The molecule has 0 saturated carbocycles. The maximum atomic E-state index is 15.2. The third kappa shape index (κ3) is 4.51. The lowest BCUT2D eigenvalue weighted by Gasteiger charge is -2.34. The van der Waals surface area contributed by atoms with E-state index < -0.39 is 0 Å². The molecule has 6 nitrogen and oxygen atoms in total. The first kappa shape index (κ1) is 23.2. The zero-order chi connectivity index (χ0) is 24.6. The number of anilines is 1. The quantitative estimate of drug-likeness (QED) is 0.478. The normalized spacial score (nSPS) is 20.1. The zero-order valence-corrected chi connectivity index (χ0v) is 21.1. The van der Waals surface area contributed by atoms with Crippen molar-refractivity contribution in [3.8, 4) is 11.1 Å². The van der Waals surface area contributed by atoms with Crippen molar-refractivity contribution in [2.45, 2.75) is 12.8 Å². The number of aliphatic imine (C=N–C) groups is 1. The number of hydrogen-bond donors (Lipinski definition) is 0. The van der Waals surface area contributed by atoms with Crippen LogP contribution in [-0.2, 0) is 4.79 Å². The van der Waals surface area contributed by atoms with Gasteiger partial charge in [0.05, 0.1) is 16.1 Å². The topological polar surface area (TPSA) is 52.0 Å². The number of halogens is 1. The van der Waals surface area contributed by atoms with Gasteiger partial charge in [0.25, 0.3) is 5.91 Å². The number of amidine groups is 1. The molecule has 0 bridgehead atoms. The predicted molar refractivity (Wildman–Crippen MR) is 146 cm³/mol. The van der Waals surface area contributed by atoms with Crippen LogP contribution in [0.3, 0.4) is 0 Å². The second-order valence-electron chi connectivity index (χ2n) is 9.60. The van der Waals surface area contributed by atoms with Crippen molar-refractivity contribution in [3.05, 3.63) is 64.9 Å². The number of likely N-dealkylation sites (N-methyl/N-ethyl adjacent to an activating group) is 1. The largest absolute Gasteiger partial charge is 0.367 e. The highest BCUT2D eigenvalue weighted by Gasteiger charge is 2.27. The van der Waals surface area contributed by atoms with Crippen LogP contribution >= 0.6 is 11.8 Å². The van der Waals surface area contributed by atoms with Gasteiger partial charge in [-0.1, -0.05) is 12.1 Å². The average Bonchev–Trinajstić information content (AvgIpc) is 3.55. The third-order valence-corrected chi connectivity index (χ3v) is 8.20. The first-order valence-corrected chi connectivity index (χ1v) is 13.3. The number of aromatic nitrogens is 1. The number of fused-ring (bicyclic) bond motifs is 1. The molecular weight excluding hydrogens is 473 g/mol. The maximum Gasteiger partial charge on any atom is 0.286 e. The van der Waals surface area contributed by atoms with Gasteiger partial charge in [-0.15, -0.1) is 0 Å². The Morgan fingerprint density at radius 1 is 0.944 bits per heavy atom. The first-order valence-electron chi connectivity index (χ1n) is 12.4. The summed E-state index contributed by atoms with van der Waals surface area (Å²) in [7, 11) is 2.09. The summed E-state index contributed by atoms with van der Waals surface area (Å²) >= 11 is 1.45. The Kier molecular flexibility index (Phi) is 6.23. The zero-order valence-electron chi connectivity index (χ0n) is 20.3. The van der Waals surface area contributed by atoms with Crippen LogP contribution in [-0.4, -0.2) is 72.2 Å². The molecule has 2 saturated heterocycles. The van der Waals surface area contributed by atoms with Gasteiger partial charge in [-0.25, -0.2) is 4.39 Å². The fourth-order valence-electron chi connectivity index (χ4n) is 5.08. The number of hydrogen-bond acceptors (Lipinski definition) is 6. The third-order valence-electron chi connectivity index (χ3n) is 7.15. The van der Waals surface area contributed by atoms with E-state index in [1.54, 1.807) is 12.3 Å². The van der Waals surface area contributed by atoms with E-state index in [9.17, 15) is 4.79 Å². The lowest BCUT2D eigenvalue weighted by molar-refractivity contribution is -0.113. The van der Waals surface area contributed by atoms with Gasteiger partial charge in [-0.2, -0.15) is 4.99 Å². The SMILES string of the molecule is CN1CCN(c2ccc(-c3ccnc4ccc(C=C5SC(N6CCCC6)=NC5=O)cc34)cc2F)CC1. The minimum absolute atomic E-state index is 0.185. The standard InChI is InChI=1S/C28H28FN5OS/c1-32-12-14-33(15-13-32)25-7-5-20(18-23(25)29)21-8-9-30-24-6-4-19(16-22(21)24)17-26-27(35)31-28(36-26)34-10-2-3-11-34/h4-9,16-18H,2-3,10-15H2,1H3. The highest BCUT2D eigenvalue weighted by atomic mass is 32.2. The second kappa shape index (κ2) is 9.67. The molecule has 6 rings (SSSR count). The van der Waals surface area contributed by atoms with Crippen LogP contribution in [0.25, 0.3) is 28.1 Å². The molecule has 184 valence electrons. The molecule has 1 amide bonds. The van der Waals surface area contributed by atoms with Crippen molar-refractivity contribution in [2.24, 2.45) is 4.99 Å². The van der Waals surface area contributed by atoms with Crippen molar-refractivity contribution in [3.63, 3.8) is 0 Å². The summed E-state index contributed by atoms with van der Waals surface area (Å²) in [5, 5.41) is 1.73. The van der Waals surface area contributed by atoms with Gasteiger partial charge >= 0.3 is 0 Å². The molecule has 0 unspecified atom stereocenters. The van der Waals surface area contributed by atoms with Crippen LogP contribution in [0.4, 0.5) is 10.1 Å². The molecule has 3 aromatic rings. The minimum atomic E-state index is -0.208. The Balaban J connectivity index is 1.30. The molecule has 2 fully saturated rings. The highest BCUT2D eigenvalue weighted by molar-refractivity contribution is 8.18. The van der Waals surface area contributed by atoms with E-state index in [0.29, 0.717) is 10.6 Å². The molecule has 3 aliphatic rings. The number of pyridine rings is 1. The van der Waals surface area contributed by atoms with E-state index in [-0.39, 0.29) is 11.7 Å². The van der Waals surface area contributed by atoms with E-state index in [4.69, 9.17) is 0 Å². The average molecular weight is 502 g/mol. The number of likely N-dealkylation sites (tertiary alicyclic amines) is 1. The number of carbonyl (C=O) groups excluding carboxylic acids is 1. The molecule has 36 heavy (non-hydrogen) atoms. The number of rotatable bonds is 3. The minimum Gasteiger partial charge on any atom is -0.367 e. The lowest BCUT2D eigenvalue weighted by atomic mass is 9.99. The highest BCUT2D eigenvalue weighted by Crippen LogP contribution is 2.34. The van der Waals surface area contributed by atoms with Crippen LogP contribution in [0.1, 0.15) is 18.4 Å². The molecule has 0 N–H and O–H groups in total.